The summed E-state index contributed by atoms with van der Waals surface area (Å²) in [6.07, 6.45) is 3.86. The van der Waals surface area contributed by atoms with Crippen LogP contribution in [0.4, 0.5) is 0 Å². The fourth-order valence-corrected chi connectivity index (χ4v) is 2.00. The zero-order valence-corrected chi connectivity index (χ0v) is 8.16. The molecule has 1 radical (unpaired) electrons. The van der Waals surface area contributed by atoms with Crippen LogP contribution in [0.15, 0.2) is 24.3 Å². The average Bonchev–Trinajstić information content (AvgIpc) is 2.20. The van der Waals surface area contributed by atoms with E-state index < -0.39 is 0 Å². The molecule has 1 heteroatoms. The maximum atomic E-state index is 4.66. The smallest absolute Gasteiger partial charge is 0.0498 e. The van der Waals surface area contributed by atoms with Crippen molar-refractivity contribution in [3.63, 3.8) is 0 Å². The van der Waals surface area contributed by atoms with E-state index in [4.69, 9.17) is 0 Å². The molecule has 0 amide bonds. The summed E-state index contributed by atoms with van der Waals surface area (Å²) in [5, 5.41) is 4.66. The van der Waals surface area contributed by atoms with E-state index in [1.165, 1.54) is 30.4 Å². The van der Waals surface area contributed by atoms with Gasteiger partial charge in [0, 0.05) is 12.6 Å². The van der Waals surface area contributed by atoms with Gasteiger partial charge in [-0.25, -0.2) is 5.32 Å². The maximum absolute atomic E-state index is 4.66. The SMILES string of the molecule is Cc1ccccc1C1CCCC[N]1. The minimum absolute atomic E-state index is 0.481. The van der Waals surface area contributed by atoms with Gasteiger partial charge in [-0.05, 0) is 30.9 Å². The van der Waals surface area contributed by atoms with Gasteiger partial charge in [-0.3, -0.25) is 0 Å². The van der Waals surface area contributed by atoms with Gasteiger partial charge in [-0.15, -0.1) is 0 Å². The highest BCUT2D eigenvalue weighted by Crippen LogP contribution is 2.26. The number of rotatable bonds is 1. The Morgan fingerprint density at radius 3 is 2.77 bits per heavy atom. The molecule has 1 aromatic rings. The van der Waals surface area contributed by atoms with Crippen LogP contribution in [0.5, 0.6) is 0 Å². The zero-order chi connectivity index (χ0) is 9.10. The molecule has 69 valence electrons. The third-order valence-electron chi connectivity index (χ3n) is 2.78. The lowest BCUT2D eigenvalue weighted by Crippen LogP contribution is -2.20. The molecule has 1 heterocycles. The molecule has 0 aromatic heterocycles. The molecule has 0 bridgehead atoms. The third kappa shape index (κ3) is 1.92. The molecule has 2 rings (SSSR count). The Kier molecular flexibility index (Phi) is 2.65. The van der Waals surface area contributed by atoms with Gasteiger partial charge in [0.15, 0.2) is 0 Å². The first kappa shape index (κ1) is 8.76. The van der Waals surface area contributed by atoms with Crippen molar-refractivity contribution < 1.29 is 0 Å². The summed E-state index contributed by atoms with van der Waals surface area (Å²) in [6, 6.07) is 9.09. The molecule has 13 heavy (non-hydrogen) atoms. The molecule has 1 nitrogen and oxygen atoms in total. The number of hydrogen-bond donors (Lipinski definition) is 0. The third-order valence-corrected chi connectivity index (χ3v) is 2.78. The molecular formula is C12H16N. The van der Waals surface area contributed by atoms with Crippen molar-refractivity contribution in [1.82, 2.24) is 5.32 Å². The first-order valence-corrected chi connectivity index (χ1v) is 5.10. The molecule has 0 saturated carbocycles. The van der Waals surface area contributed by atoms with Crippen LogP contribution in [0, 0.1) is 6.92 Å². The van der Waals surface area contributed by atoms with Crippen molar-refractivity contribution in [2.75, 3.05) is 6.54 Å². The normalized spacial score (nSPS) is 23.0. The topological polar surface area (TPSA) is 14.1 Å². The Bertz CT molecular complexity index is 274. The Balaban J connectivity index is 2.18. The number of nitrogens with zero attached hydrogens (tertiary/aromatic N) is 1. The monoisotopic (exact) mass is 174 g/mol. The summed E-state index contributed by atoms with van der Waals surface area (Å²) in [5.41, 5.74) is 2.82. The molecule has 1 atom stereocenters. The molecule has 1 aliphatic rings. The van der Waals surface area contributed by atoms with Crippen LogP contribution in [0.2, 0.25) is 0 Å². The van der Waals surface area contributed by atoms with Gasteiger partial charge < -0.3 is 0 Å². The summed E-state index contributed by atoms with van der Waals surface area (Å²) in [4.78, 5) is 0. The summed E-state index contributed by atoms with van der Waals surface area (Å²) >= 11 is 0. The minimum Gasteiger partial charge on any atom is -0.234 e. The Morgan fingerprint density at radius 1 is 1.23 bits per heavy atom. The lowest BCUT2D eigenvalue weighted by molar-refractivity contribution is 0.402. The van der Waals surface area contributed by atoms with Gasteiger partial charge in [0.1, 0.15) is 0 Å². The second-order valence-electron chi connectivity index (χ2n) is 3.77. The molecule has 1 saturated heterocycles. The van der Waals surface area contributed by atoms with E-state index in [0.29, 0.717) is 6.04 Å². The van der Waals surface area contributed by atoms with Crippen LogP contribution in [-0.2, 0) is 0 Å². The van der Waals surface area contributed by atoms with E-state index in [0.717, 1.165) is 6.54 Å². The largest absolute Gasteiger partial charge is 0.234 e. The Hall–Kier alpha value is -0.820. The highest BCUT2D eigenvalue weighted by atomic mass is 14.9. The molecule has 0 aliphatic carbocycles. The van der Waals surface area contributed by atoms with Gasteiger partial charge >= 0.3 is 0 Å². The number of piperidine rings is 1. The Morgan fingerprint density at radius 2 is 2.08 bits per heavy atom. The van der Waals surface area contributed by atoms with Crippen molar-refractivity contribution in [2.45, 2.75) is 32.2 Å². The molecule has 1 aromatic carbocycles. The highest BCUT2D eigenvalue weighted by Gasteiger charge is 2.16. The summed E-state index contributed by atoms with van der Waals surface area (Å²) in [6.45, 7) is 3.23. The standard InChI is InChI=1S/C12H16N/c1-10-6-2-3-7-11(10)12-8-4-5-9-13-12/h2-3,6-7,12H,4-5,8-9H2,1H3. The van der Waals surface area contributed by atoms with Crippen LogP contribution in [0.3, 0.4) is 0 Å². The minimum atomic E-state index is 0.481. The van der Waals surface area contributed by atoms with Gasteiger partial charge in [0.25, 0.3) is 0 Å². The summed E-state index contributed by atoms with van der Waals surface area (Å²) in [7, 11) is 0. The van der Waals surface area contributed by atoms with E-state index >= 15 is 0 Å². The van der Waals surface area contributed by atoms with E-state index in [9.17, 15) is 0 Å². The first-order valence-electron chi connectivity index (χ1n) is 5.10. The van der Waals surface area contributed by atoms with Crippen molar-refractivity contribution in [1.29, 1.82) is 0 Å². The molecule has 0 spiro atoms. The van der Waals surface area contributed by atoms with E-state index in [1.807, 2.05) is 0 Å². The molecule has 1 aliphatic heterocycles. The fourth-order valence-electron chi connectivity index (χ4n) is 2.00. The first-order chi connectivity index (χ1) is 6.38. The van der Waals surface area contributed by atoms with Gasteiger partial charge in [-0.1, -0.05) is 30.7 Å². The van der Waals surface area contributed by atoms with Gasteiger partial charge in [-0.2, -0.15) is 0 Å². The molecular weight excluding hydrogens is 158 g/mol. The zero-order valence-electron chi connectivity index (χ0n) is 8.16. The highest BCUT2D eigenvalue weighted by molar-refractivity contribution is 5.28. The van der Waals surface area contributed by atoms with Gasteiger partial charge in [0.2, 0.25) is 0 Å². The Labute approximate surface area is 80.2 Å². The van der Waals surface area contributed by atoms with E-state index in [-0.39, 0.29) is 0 Å². The van der Waals surface area contributed by atoms with Crippen LogP contribution < -0.4 is 5.32 Å². The summed E-state index contributed by atoms with van der Waals surface area (Å²) < 4.78 is 0. The lowest BCUT2D eigenvalue weighted by Gasteiger charge is -2.23. The maximum Gasteiger partial charge on any atom is 0.0498 e. The number of benzene rings is 1. The summed E-state index contributed by atoms with van der Waals surface area (Å²) in [5.74, 6) is 0. The van der Waals surface area contributed by atoms with Crippen LogP contribution in [0.1, 0.15) is 36.4 Å². The van der Waals surface area contributed by atoms with Crippen LogP contribution >= 0.6 is 0 Å². The molecule has 1 fully saturated rings. The predicted molar refractivity (Wildman–Crippen MR) is 54.8 cm³/mol. The second-order valence-corrected chi connectivity index (χ2v) is 3.77. The van der Waals surface area contributed by atoms with Crippen LogP contribution in [0.25, 0.3) is 0 Å². The van der Waals surface area contributed by atoms with Crippen molar-refractivity contribution in [3.8, 4) is 0 Å². The molecule has 0 N–H and O–H groups in total. The number of hydrogen-bond acceptors (Lipinski definition) is 0. The van der Waals surface area contributed by atoms with E-state index in [2.05, 4.69) is 36.5 Å². The molecule has 1 unspecified atom stereocenters. The number of aryl methyl sites for hydroxylation is 1. The lowest BCUT2D eigenvalue weighted by atomic mass is 9.94. The van der Waals surface area contributed by atoms with E-state index in [1.54, 1.807) is 0 Å². The predicted octanol–water partition coefficient (Wildman–Crippen LogP) is 2.82. The van der Waals surface area contributed by atoms with Gasteiger partial charge in [0.05, 0.1) is 0 Å². The van der Waals surface area contributed by atoms with Crippen molar-refractivity contribution in [2.24, 2.45) is 0 Å². The van der Waals surface area contributed by atoms with Crippen molar-refractivity contribution in [3.05, 3.63) is 35.4 Å². The van der Waals surface area contributed by atoms with Crippen molar-refractivity contribution >= 4 is 0 Å². The second kappa shape index (κ2) is 3.93. The fraction of sp³-hybridized carbons (Fsp3) is 0.500. The van der Waals surface area contributed by atoms with Crippen LogP contribution in [-0.4, -0.2) is 6.54 Å². The average molecular weight is 174 g/mol. The quantitative estimate of drug-likeness (QED) is 0.621.